The molecule has 0 aliphatic heterocycles. The molecule has 0 amide bonds. The minimum absolute atomic E-state index is 0.0609. The number of hydrogen-bond acceptors (Lipinski definition) is 2. The molecule has 0 spiro atoms. The maximum atomic E-state index is 13.2. The zero-order chi connectivity index (χ0) is 13.2. The third-order valence-corrected chi connectivity index (χ3v) is 2.86. The van der Waals surface area contributed by atoms with Crippen molar-refractivity contribution >= 4 is 5.97 Å². The first-order valence-electron chi connectivity index (χ1n) is 5.48. The van der Waals surface area contributed by atoms with Crippen molar-refractivity contribution in [1.82, 2.24) is 0 Å². The number of rotatable bonds is 4. The zero-order valence-electron chi connectivity index (χ0n) is 10.3. The van der Waals surface area contributed by atoms with Crippen molar-refractivity contribution in [2.24, 2.45) is 5.73 Å². The Hall–Kier alpha value is -1.42. The number of hydrogen-bond donors (Lipinski definition) is 2. The van der Waals surface area contributed by atoms with Crippen LogP contribution in [0, 0.1) is 12.7 Å². The first-order chi connectivity index (χ1) is 7.71. The fourth-order valence-electron chi connectivity index (χ4n) is 1.87. The summed E-state index contributed by atoms with van der Waals surface area (Å²) in [6.07, 6.45) is -0.0609. The van der Waals surface area contributed by atoms with Crippen LogP contribution in [0.25, 0.3) is 0 Å². The second kappa shape index (κ2) is 4.84. The van der Waals surface area contributed by atoms with Gasteiger partial charge < -0.3 is 10.8 Å². The van der Waals surface area contributed by atoms with Crippen LogP contribution in [0.4, 0.5) is 4.39 Å². The van der Waals surface area contributed by atoms with Gasteiger partial charge in [-0.25, -0.2) is 4.39 Å². The van der Waals surface area contributed by atoms with Gasteiger partial charge in [0.25, 0.3) is 0 Å². The van der Waals surface area contributed by atoms with E-state index in [0.717, 1.165) is 5.56 Å². The van der Waals surface area contributed by atoms with Crippen LogP contribution in [-0.2, 0) is 4.79 Å². The summed E-state index contributed by atoms with van der Waals surface area (Å²) >= 11 is 0. The van der Waals surface area contributed by atoms with Gasteiger partial charge in [-0.05, 0) is 38.0 Å². The van der Waals surface area contributed by atoms with Crippen LogP contribution in [-0.4, -0.2) is 16.6 Å². The van der Waals surface area contributed by atoms with Crippen LogP contribution in [0.1, 0.15) is 37.3 Å². The monoisotopic (exact) mass is 239 g/mol. The Kier molecular flexibility index (Phi) is 3.88. The largest absolute Gasteiger partial charge is 0.481 e. The van der Waals surface area contributed by atoms with Crippen molar-refractivity contribution in [2.75, 3.05) is 0 Å². The highest BCUT2D eigenvalue weighted by molar-refractivity contribution is 5.68. The SMILES string of the molecule is Cc1cc(C(CC(=O)O)C(C)(C)N)ccc1F. The number of benzene rings is 1. The summed E-state index contributed by atoms with van der Waals surface area (Å²) in [6.45, 7) is 5.21. The molecule has 0 aliphatic rings. The van der Waals surface area contributed by atoms with Gasteiger partial charge in [-0.15, -0.1) is 0 Å². The van der Waals surface area contributed by atoms with Gasteiger partial charge in [0.05, 0.1) is 6.42 Å². The third-order valence-electron chi connectivity index (χ3n) is 2.86. The number of nitrogens with two attached hydrogens (primary N) is 1. The van der Waals surface area contributed by atoms with Crippen molar-refractivity contribution in [2.45, 2.75) is 38.6 Å². The molecule has 0 aromatic heterocycles. The summed E-state index contributed by atoms with van der Waals surface area (Å²) in [5.41, 5.74) is 6.59. The van der Waals surface area contributed by atoms with Crippen molar-refractivity contribution in [3.63, 3.8) is 0 Å². The molecule has 0 fully saturated rings. The van der Waals surface area contributed by atoms with Gasteiger partial charge in [0.2, 0.25) is 0 Å². The van der Waals surface area contributed by atoms with Crippen LogP contribution in [0.2, 0.25) is 0 Å². The summed E-state index contributed by atoms with van der Waals surface area (Å²) in [5, 5.41) is 8.90. The standard InChI is InChI=1S/C13H18FNO2/c1-8-6-9(4-5-11(8)14)10(7-12(16)17)13(2,3)15/h4-6,10H,7,15H2,1-3H3,(H,16,17). The molecule has 1 rings (SSSR count). The van der Waals surface area contributed by atoms with E-state index in [2.05, 4.69) is 0 Å². The van der Waals surface area contributed by atoms with Crippen LogP contribution in [0.15, 0.2) is 18.2 Å². The van der Waals surface area contributed by atoms with E-state index in [0.29, 0.717) is 5.56 Å². The average Bonchev–Trinajstić information content (AvgIpc) is 2.17. The highest BCUT2D eigenvalue weighted by atomic mass is 19.1. The molecule has 4 heteroatoms. The molecule has 17 heavy (non-hydrogen) atoms. The fourth-order valence-corrected chi connectivity index (χ4v) is 1.87. The predicted octanol–water partition coefficient (Wildman–Crippen LogP) is 2.43. The van der Waals surface area contributed by atoms with E-state index in [1.807, 2.05) is 0 Å². The zero-order valence-corrected chi connectivity index (χ0v) is 10.3. The molecule has 3 N–H and O–H groups in total. The van der Waals surface area contributed by atoms with Gasteiger partial charge in [0, 0.05) is 11.5 Å². The van der Waals surface area contributed by atoms with E-state index in [1.54, 1.807) is 32.9 Å². The van der Waals surface area contributed by atoms with Crippen molar-refractivity contribution in [1.29, 1.82) is 0 Å². The lowest BCUT2D eigenvalue weighted by Crippen LogP contribution is -2.40. The third kappa shape index (κ3) is 3.53. The van der Waals surface area contributed by atoms with E-state index in [1.165, 1.54) is 6.07 Å². The van der Waals surface area contributed by atoms with E-state index in [9.17, 15) is 9.18 Å². The first kappa shape index (κ1) is 13.6. The molecular weight excluding hydrogens is 221 g/mol. The Labute approximate surface area is 100 Å². The minimum Gasteiger partial charge on any atom is -0.481 e. The topological polar surface area (TPSA) is 63.3 Å². The molecule has 3 nitrogen and oxygen atoms in total. The molecule has 1 aromatic carbocycles. The quantitative estimate of drug-likeness (QED) is 0.848. The van der Waals surface area contributed by atoms with Gasteiger partial charge in [0.15, 0.2) is 0 Å². The molecule has 94 valence electrons. The lowest BCUT2D eigenvalue weighted by molar-refractivity contribution is -0.137. The number of aryl methyl sites for hydroxylation is 1. The van der Waals surface area contributed by atoms with Crippen LogP contribution < -0.4 is 5.73 Å². The Morgan fingerprint density at radius 1 is 1.53 bits per heavy atom. The van der Waals surface area contributed by atoms with E-state index < -0.39 is 11.5 Å². The Morgan fingerprint density at radius 2 is 2.12 bits per heavy atom. The lowest BCUT2D eigenvalue weighted by Gasteiger charge is -2.30. The van der Waals surface area contributed by atoms with Crippen LogP contribution in [0.5, 0.6) is 0 Å². The van der Waals surface area contributed by atoms with E-state index >= 15 is 0 Å². The molecule has 0 radical (unpaired) electrons. The van der Waals surface area contributed by atoms with Crippen molar-refractivity contribution < 1.29 is 14.3 Å². The molecule has 0 heterocycles. The average molecular weight is 239 g/mol. The fraction of sp³-hybridized carbons (Fsp3) is 0.462. The summed E-state index contributed by atoms with van der Waals surface area (Å²) in [6, 6.07) is 4.62. The normalized spacial score (nSPS) is 13.5. The van der Waals surface area contributed by atoms with Crippen LogP contribution >= 0.6 is 0 Å². The second-order valence-corrected chi connectivity index (χ2v) is 4.98. The number of halogens is 1. The highest BCUT2D eigenvalue weighted by Crippen LogP contribution is 2.30. The maximum absolute atomic E-state index is 13.2. The first-order valence-corrected chi connectivity index (χ1v) is 5.48. The summed E-state index contributed by atoms with van der Waals surface area (Å²) < 4.78 is 13.2. The Morgan fingerprint density at radius 3 is 2.53 bits per heavy atom. The molecule has 0 saturated heterocycles. The van der Waals surface area contributed by atoms with E-state index in [-0.39, 0.29) is 18.2 Å². The van der Waals surface area contributed by atoms with Crippen molar-refractivity contribution in [3.8, 4) is 0 Å². The molecule has 0 aliphatic carbocycles. The van der Waals surface area contributed by atoms with Gasteiger partial charge in [0.1, 0.15) is 5.82 Å². The second-order valence-electron chi connectivity index (χ2n) is 4.98. The molecule has 1 unspecified atom stereocenters. The van der Waals surface area contributed by atoms with Gasteiger partial charge in [-0.1, -0.05) is 12.1 Å². The highest BCUT2D eigenvalue weighted by Gasteiger charge is 2.29. The lowest BCUT2D eigenvalue weighted by atomic mass is 9.80. The van der Waals surface area contributed by atoms with Crippen LogP contribution in [0.3, 0.4) is 0 Å². The summed E-state index contributed by atoms with van der Waals surface area (Å²) in [5.74, 6) is -1.53. The molecule has 0 saturated carbocycles. The molecule has 1 atom stereocenters. The van der Waals surface area contributed by atoms with Gasteiger partial charge in [-0.3, -0.25) is 4.79 Å². The number of carboxylic acids is 1. The van der Waals surface area contributed by atoms with Crippen molar-refractivity contribution in [3.05, 3.63) is 35.1 Å². The number of aliphatic carboxylic acids is 1. The number of carboxylic acid groups (broad SMARTS) is 1. The Bertz CT molecular complexity index is 424. The smallest absolute Gasteiger partial charge is 0.304 e. The minimum atomic E-state index is -0.907. The predicted molar refractivity (Wildman–Crippen MR) is 64.4 cm³/mol. The molecule has 1 aromatic rings. The summed E-state index contributed by atoms with van der Waals surface area (Å²) in [7, 11) is 0. The van der Waals surface area contributed by atoms with E-state index in [4.69, 9.17) is 10.8 Å². The molecular formula is C13H18FNO2. The van der Waals surface area contributed by atoms with Gasteiger partial charge >= 0.3 is 5.97 Å². The van der Waals surface area contributed by atoms with Gasteiger partial charge in [-0.2, -0.15) is 0 Å². The summed E-state index contributed by atoms with van der Waals surface area (Å²) in [4.78, 5) is 10.9. The Balaban J connectivity index is 3.13. The maximum Gasteiger partial charge on any atom is 0.304 e. The molecule has 0 bridgehead atoms. The number of carbonyl (C=O) groups is 1.